The molecule has 7 heteroatoms. The number of sulfonamides is 1. The summed E-state index contributed by atoms with van der Waals surface area (Å²) in [7, 11) is -2.28. The summed E-state index contributed by atoms with van der Waals surface area (Å²) in [5.41, 5.74) is 3.14. The maximum atomic E-state index is 13.3. The van der Waals surface area contributed by atoms with E-state index in [1.165, 1.54) is 4.31 Å². The van der Waals surface area contributed by atoms with Gasteiger partial charge in [0.1, 0.15) is 6.54 Å². The fourth-order valence-corrected chi connectivity index (χ4v) is 5.07. The van der Waals surface area contributed by atoms with Crippen molar-refractivity contribution in [2.75, 3.05) is 24.6 Å². The molecule has 0 saturated heterocycles. The number of hydrogen-bond donors (Lipinski definition) is 1. The van der Waals surface area contributed by atoms with Gasteiger partial charge in [0, 0.05) is 24.3 Å². The molecule has 3 rings (SSSR count). The van der Waals surface area contributed by atoms with E-state index in [2.05, 4.69) is 19.2 Å². The number of nitrogens with one attached hydrogen (secondary N) is 1. The van der Waals surface area contributed by atoms with Crippen LogP contribution in [0.1, 0.15) is 32.3 Å². The van der Waals surface area contributed by atoms with Crippen LogP contribution in [0.15, 0.2) is 47.4 Å². The molecule has 150 valence electrons. The number of hydrogen-bond acceptors (Lipinski definition) is 4. The van der Waals surface area contributed by atoms with E-state index in [1.807, 2.05) is 31.2 Å². The number of carbonyl (C=O) groups is 1. The summed E-state index contributed by atoms with van der Waals surface area (Å²) in [6.45, 7) is 6.07. The number of methoxy groups -OCH3 is 1. The van der Waals surface area contributed by atoms with Crippen LogP contribution in [0.4, 0.5) is 5.69 Å². The van der Waals surface area contributed by atoms with E-state index >= 15 is 0 Å². The molecule has 1 aliphatic heterocycles. The quantitative estimate of drug-likeness (QED) is 0.805. The van der Waals surface area contributed by atoms with Crippen LogP contribution in [0.5, 0.6) is 0 Å². The van der Waals surface area contributed by atoms with E-state index < -0.39 is 10.0 Å². The van der Waals surface area contributed by atoms with Gasteiger partial charge in [0.25, 0.3) is 10.0 Å². The van der Waals surface area contributed by atoms with Crippen LogP contribution in [-0.4, -0.2) is 40.6 Å². The first-order valence-corrected chi connectivity index (χ1v) is 10.7. The van der Waals surface area contributed by atoms with Crippen LogP contribution in [-0.2, 0) is 19.6 Å². The molecule has 6 nitrogen and oxygen atoms in total. The lowest BCUT2D eigenvalue weighted by atomic mass is 9.95. The Balaban J connectivity index is 2.06. The third kappa shape index (κ3) is 3.77. The highest BCUT2D eigenvalue weighted by atomic mass is 32.2. The van der Waals surface area contributed by atoms with Gasteiger partial charge < -0.3 is 10.1 Å². The fraction of sp³-hybridized carbons (Fsp3) is 0.381. The van der Waals surface area contributed by atoms with Gasteiger partial charge in [-0.15, -0.1) is 0 Å². The summed E-state index contributed by atoms with van der Waals surface area (Å²) in [6, 6.07) is 12.5. The average Bonchev–Trinajstić information content (AvgIpc) is 2.65. The third-order valence-corrected chi connectivity index (χ3v) is 6.63. The van der Waals surface area contributed by atoms with Crippen molar-refractivity contribution in [3.63, 3.8) is 0 Å². The number of amides is 1. The molecule has 0 unspecified atom stereocenters. The van der Waals surface area contributed by atoms with E-state index in [4.69, 9.17) is 4.74 Å². The normalized spacial score (nSPS) is 15.7. The lowest BCUT2D eigenvalue weighted by molar-refractivity contribution is -0.120. The Hall–Kier alpha value is -2.38. The predicted octanol–water partition coefficient (Wildman–Crippen LogP) is 3.14. The van der Waals surface area contributed by atoms with E-state index in [0.717, 1.165) is 11.1 Å². The largest absolute Gasteiger partial charge is 0.383 e. The number of fused-ring (bicyclic) bond motifs is 3. The maximum absolute atomic E-state index is 13.3. The van der Waals surface area contributed by atoms with Crippen molar-refractivity contribution in [3.05, 3.63) is 48.0 Å². The number of rotatable bonds is 6. The van der Waals surface area contributed by atoms with E-state index in [0.29, 0.717) is 23.8 Å². The molecule has 1 atom stereocenters. The van der Waals surface area contributed by atoms with Crippen LogP contribution in [0.2, 0.25) is 0 Å². The fourth-order valence-electron chi connectivity index (χ4n) is 3.42. The average molecular weight is 403 g/mol. The minimum Gasteiger partial charge on any atom is -0.383 e. The first-order valence-electron chi connectivity index (χ1n) is 9.30. The highest BCUT2D eigenvalue weighted by Gasteiger charge is 2.36. The molecule has 2 aromatic rings. The monoisotopic (exact) mass is 402 g/mol. The van der Waals surface area contributed by atoms with E-state index in [1.54, 1.807) is 25.3 Å². The second-order valence-electron chi connectivity index (χ2n) is 7.36. The van der Waals surface area contributed by atoms with Crippen molar-refractivity contribution in [1.29, 1.82) is 0 Å². The summed E-state index contributed by atoms with van der Waals surface area (Å²) in [5, 5.41) is 2.78. The Morgan fingerprint density at radius 2 is 1.82 bits per heavy atom. The van der Waals surface area contributed by atoms with Gasteiger partial charge in [-0.2, -0.15) is 0 Å². The molecular formula is C21H26N2O4S. The third-order valence-electron chi connectivity index (χ3n) is 4.81. The van der Waals surface area contributed by atoms with Crippen molar-refractivity contribution in [3.8, 4) is 11.1 Å². The molecule has 0 saturated carbocycles. The van der Waals surface area contributed by atoms with Crippen LogP contribution >= 0.6 is 0 Å². The zero-order valence-corrected chi connectivity index (χ0v) is 17.4. The van der Waals surface area contributed by atoms with Gasteiger partial charge in [-0.3, -0.25) is 9.10 Å². The first kappa shape index (κ1) is 20.4. The van der Waals surface area contributed by atoms with Crippen molar-refractivity contribution < 1.29 is 17.9 Å². The van der Waals surface area contributed by atoms with Crippen molar-refractivity contribution in [2.45, 2.75) is 37.6 Å². The molecule has 1 heterocycles. The number of nitrogens with zero attached hydrogens (tertiary/aromatic N) is 1. The van der Waals surface area contributed by atoms with Gasteiger partial charge in [0.05, 0.1) is 17.2 Å². The number of ether oxygens (including phenoxy) is 1. The van der Waals surface area contributed by atoms with Crippen molar-refractivity contribution in [1.82, 2.24) is 5.32 Å². The topological polar surface area (TPSA) is 75.7 Å². The highest BCUT2D eigenvalue weighted by molar-refractivity contribution is 7.93. The lowest BCUT2D eigenvalue weighted by Crippen LogP contribution is -2.45. The van der Waals surface area contributed by atoms with Crippen LogP contribution < -0.4 is 9.62 Å². The van der Waals surface area contributed by atoms with E-state index in [9.17, 15) is 13.2 Å². The van der Waals surface area contributed by atoms with Gasteiger partial charge in [-0.05, 0) is 36.6 Å². The molecular weight excluding hydrogens is 376 g/mol. The smallest absolute Gasteiger partial charge is 0.265 e. The maximum Gasteiger partial charge on any atom is 0.265 e. The zero-order valence-electron chi connectivity index (χ0n) is 16.6. The van der Waals surface area contributed by atoms with Crippen LogP contribution in [0.3, 0.4) is 0 Å². The Morgan fingerprint density at radius 3 is 2.50 bits per heavy atom. The lowest BCUT2D eigenvalue weighted by Gasteiger charge is -2.32. The molecule has 1 N–H and O–H groups in total. The van der Waals surface area contributed by atoms with E-state index in [-0.39, 0.29) is 23.4 Å². The van der Waals surface area contributed by atoms with Crippen molar-refractivity contribution >= 4 is 21.6 Å². The predicted molar refractivity (Wildman–Crippen MR) is 110 cm³/mol. The molecule has 0 bridgehead atoms. The summed E-state index contributed by atoms with van der Waals surface area (Å²) in [4.78, 5) is 12.7. The summed E-state index contributed by atoms with van der Waals surface area (Å²) in [6.07, 6.45) is 0. The standard InChI is InChI=1S/C21H26N2O4S/c1-14(2)16-9-10-19-18(11-16)17-7-5-6-8-20(17)28(25,26)23(19)12-21(24)22-15(3)13-27-4/h5-11,14-15H,12-13H2,1-4H3,(H,22,24)/t15-/m1/s1. The molecule has 0 fully saturated rings. The minimum absolute atomic E-state index is 0.208. The molecule has 1 amide bonds. The second-order valence-corrected chi connectivity index (χ2v) is 9.19. The number of anilines is 1. The first-order chi connectivity index (χ1) is 13.3. The van der Waals surface area contributed by atoms with Gasteiger partial charge >= 0.3 is 0 Å². The highest BCUT2D eigenvalue weighted by Crippen LogP contribution is 2.43. The summed E-state index contributed by atoms with van der Waals surface area (Å²) >= 11 is 0. The number of benzene rings is 2. The zero-order chi connectivity index (χ0) is 20.5. The van der Waals surface area contributed by atoms with Crippen molar-refractivity contribution in [2.24, 2.45) is 0 Å². The molecule has 0 radical (unpaired) electrons. The van der Waals surface area contributed by atoms with Crippen LogP contribution in [0.25, 0.3) is 11.1 Å². The molecule has 0 spiro atoms. The SMILES string of the molecule is COC[C@@H](C)NC(=O)CN1c2ccc(C(C)C)cc2-c2ccccc2S1(=O)=O. The Bertz CT molecular complexity index is 986. The van der Waals surface area contributed by atoms with Gasteiger partial charge in [0.15, 0.2) is 0 Å². The second kappa shape index (κ2) is 7.93. The van der Waals surface area contributed by atoms with Gasteiger partial charge in [-0.25, -0.2) is 8.42 Å². The van der Waals surface area contributed by atoms with Gasteiger partial charge in [-0.1, -0.05) is 38.1 Å². The molecule has 28 heavy (non-hydrogen) atoms. The Labute approximate surface area is 166 Å². The minimum atomic E-state index is -3.83. The summed E-state index contributed by atoms with van der Waals surface area (Å²) < 4.78 is 32.7. The van der Waals surface area contributed by atoms with Gasteiger partial charge in [0.2, 0.25) is 5.91 Å². The summed E-state index contributed by atoms with van der Waals surface area (Å²) in [5.74, 6) is -0.0611. The molecule has 0 aliphatic carbocycles. The Kier molecular flexibility index (Phi) is 5.76. The Morgan fingerprint density at radius 1 is 1.11 bits per heavy atom. The molecule has 2 aromatic carbocycles. The number of carbonyl (C=O) groups excluding carboxylic acids is 1. The molecule has 0 aromatic heterocycles. The molecule has 1 aliphatic rings. The van der Waals surface area contributed by atoms with Crippen LogP contribution in [0, 0.1) is 0 Å².